The Morgan fingerprint density at radius 1 is 1.04 bits per heavy atom. The van der Waals surface area contributed by atoms with Crippen LogP contribution in [0.5, 0.6) is 11.5 Å². The molecule has 0 spiro atoms. The first-order valence-corrected chi connectivity index (χ1v) is 8.24. The molecule has 0 atom stereocenters. The number of carbonyl (C=O) groups is 1. The molecule has 1 N–H and O–H groups in total. The van der Waals surface area contributed by atoms with E-state index >= 15 is 0 Å². The zero-order valence-corrected chi connectivity index (χ0v) is 14.7. The number of nitrogens with one attached hydrogen (secondary N) is 1. The third-order valence-corrected chi connectivity index (χ3v) is 3.92. The second-order valence-corrected chi connectivity index (χ2v) is 5.80. The average Bonchev–Trinajstić information content (AvgIpc) is 2.67. The first-order valence-electron chi connectivity index (χ1n) is 8.24. The minimum atomic E-state index is -0.320. The molecule has 3 rings (SSSR count). The molecule has 132 valence electrons. The first kappa shape index (κ1) is 17.5. The van der Waals surface area contributed by atoms with Crippen LogP contribution in [-0.4, -0.2) is 25.8 Å². The largest absolute Gasteiger partial charge is 0.496 e. The smallest absolute Gasteiger partial charge is 0.277 e. The van der Waals surface area contributed by atoms with E-state index in [4.69, 9.17) is 9.47 Å². The van der Waals surface area contributed by atoms with E-state index in [0.717, 1.165) is 27.6 Å². The van der Waals surface area contributed by atoms with Gasteiger partial charge in [-0.1, -0.05) is 42.0 Å². The van der Waals surface area contributed by atoms with Crippen LogP contribution in [0.25, 0.3) is 10.8 Å². The van der Waals surface area contributed by atoms with Gasteiger partial charge in [0.2, 0.25) is 0 Å². The molecule has 0 aliphatic heterocycles. The fraction of sp³-hybridized carbons (Fsp3) is 0.143. The molecule has 0 radical (unpaired) electrons. The van der Waals surface area contributed by atoms with Gasteiger partial charge in [-0.25, -0.2) is 5.43 Å². The molecule has 0 aromatic heterocycles. The van der Waals surface area contributed by atoms with Gasteiger partial charge in [0.05, 0.1) is 13.3 Å². The van der Waals surface area contributed by atoms with Crippen molar-refractivity contribution in [1.82, 2.24) is 5.43 Å². The zero-order valence-electron chi connectivity index (χ0n) is 14.7. The lowest BCUT2D eigenvalue weighted by atomic mass is 10.0. The van der Waals surface area contributed by atoms with Gasteiger partial charge < -0.3 is 9.47 Å². The van der Waals surface area contributed by atoms with Gasteiger partial charge in [0.15, 0.2) is 6.61 Å². The van der Waals surface area contributed by atoms with Gasteiger partial charge in [-0.3, -0.25) is 4.79 Å². The Hall–Kier alpha value is -3.34. The molecule has 5 nitrogen and oxygen atoms in total. The standard InChI is InChI=1S/C21H20N2O3/c1-15-7-10-17(11-8-15)26-14-21(24)23-22-13-16-9-12-20(25-2)19-6-4-3-5-18(16)19/h3-13H,14H2,1-2H3,(H,23,24). The highest BCUT2D eigenvalue weighted by atomic mass is 16.5. The van der Waals surface area contributed by atoms with E-state index in [1.165, 1.54) is 0 Å². The number of aryl methyl sites for hydroxylation is 1. The number of benzene rings is 3. The van der Waals surface area contributed by atoms with Crippen LogP contribution >= 0.6 is 0 Å². The Bertz CT molecular complexity index is 934. The fourth-order valence-electron chi connectivity index (χ4n) is 2.57. The summed E-state index contributed by atoms with van der Waals surface area (Å²) in [5, 5.41) is 6.02. The minimum Gasteiger partial charge on any atom is -0.496 e. The number of rotatable bonds is 6. The molecule has 26 heavy (non-hydrogen) atoms. The second-order valence-electron chi connectivity index (χ2n) is 5.80. The highest BCUT2D eigenvalue weighted by Crippen LogP contribution is 2.27. The summed E-state index contributed by atoms with van der Waals surface area (Å²) in [7, 11) is 1.64. The van der Waals surface area contributed by atoms with Gasteiger partial charge >= 0.3 is 0 Å². The third kappa shape index (κ3) is 4.19. The fourth-order valence-corrected chi connectivity index (χ4v) is 2.57. The van der Waals surface area contributed by atoms with E-state index in [1.54, 1.807) is 13.3 Å². The molecule has 3 aromatic carbocycles. The molecule has 3 aromatic rings. The lowest BCUT2D eigenvalue weighted by molar-refractivity contribution is -0.123. The lowest BCUT2D eigenvalue weighted by Gasteiger charge is -2.08. The molecule has 0 heterocycles. The van der Waals surface area contributed by atoms with Crippen LogP contribution < -0.4 is 14.9 Å². The number of hydrogen-bond acceptors (Lipinski definition) is 4. The third-order valence-electron chi connectivity index (χ3n) is 3.92. The molecule has 1 amide bonds. The number of methoxy groups -OCH3 is 1. The summed E-state index contributed by atoms with van der Waals surface area (Å²) in [5.74, 6) is 1.13. The maximum absolute atomic E-state index is 11.9. The minimum absolute atomic E-state index is 0.0935. The van der Waals surface area contributed by atoms with Crippen LogP contribution in [0.15, 0.2) is 65.8 Å². The van der Waals surface area contributed by atoms with Crippen molar-refractivity contribution in [2.45, 2.75) is 6.92 Å². The van der Waals surface area contributed by atoms with Crippen molar-refractivity contribution in [2.75, 3.05) is 13.7 Å². The number of ether oxygens (including phenoxy) is 2. The topological polar surface area (TPSA) is 59.9 Å². The molecule has 0 bridgehead atoms. The van der Waals surface area contributed by atoms with Crippen molar-refractivity contribution in [3.8, 4) is 11.5 Å². The Balaban J connectivity index is 1.62. The maximum atomic E-state index is 11.9. The van der Waals surface area contributed by atoms with Crippen LogP contribution in [0.1, 0.15) is 11.1 Å². The monoisotopic (exact) mass is 348 g/mol. The van der Waals surface area contributed by atoms with Crippen molar-refractivity contribution in [2.24, 2.45) is 5.10 Å². The Kier molecular flexibility index (Phi) is 5.49. The van der Waals surface area contributed by atoms with Crippen LogP contribution in [0.3, 0.4) is 0 Å². The summed E-state index contributed by atoms with van der Waals surface area (Å²) in [6.07, 6.45) is 1.62. The quantitative estimate of drug-likeness (QED) is 0.546. The van der Waals surface area contributed by atoms with E-state index in [0.29, 0.717) is 5.75 Å². The Morgan fingerprint density at radius 2 is 1.77 bits per heavy atom. The highest BCUT2D eigenvalue weighted by Gasteiger charge is 2.05. The molecule has 0 aliphatic carbocycles. The molecule has 0 saturated heterocycles. The second kappa shape index (κ2) is 8.16. The van der Waals surface area contributed by atoms with Crippen molar-refractivity contribution in [1.29, 1.82) is 0 Å². The predicted octanol–water partition coefficient (Wildman–Crippen LogP) is 3.69. The molecule has 0 aliphatic rings. The van der Waals surface area contributed by atoms with E-state index < -0.39 is 0 Å². The summed E-state index contributed by atoms with van der Waals surface area (Å²) >= 11 is 0. The first-order chi connectivity index (χ1) is 12.7. The molecule has 0 unspecified atom stereocenters. The number of fused-ring (bicyclic) bond motifs is 1. The molecule has 5 heteroatoms. The Morgan fingerprint density at radius 3 is 2.50 bits per heavy atom. The number of nitrogens with zero attached hydrogens (tertiary/aromatic N) is 1. The normalized spacial score (nSPS) is 10.8. The summed E-state index contributed by atoms with van der Waals surface area (Å²) in [4.78, 5) is 11.9. The van der Waals surface area contributed by atoms with Gasteiger partial charge in [0.25, 0.3) is 5.91 Å². The van der Waals surface area contributed by atoms with Gasteiger partial charge in [-0.2, -0.15) is 5.10 Å². The lowest BCUT2D eigenvalue weighted by Crippen LogP contribution is -2.24. The van der Waals surface area contributed by atoms with Crippen LogP contribution in [0, 0.1) is 6.92 Å². The molecular weight excluding hydrogens is 328 g/mol. The van der Waals surface area contributed by atoms with Crippen molar-refractivity contribution >= 4 is 22.9 Å². The molecular formula is C21H20N2O3. The maximum Gasteiger partial charge on any atom is 0.277 e. The number of hydrogen-bond donors (Lipinski definition) is 1. The summed E-state index contributed by atoms with van der Waals surface area (Å²) in [5.41, 5.74) is 4.51. The zero-order chi connectivity index (χ0) is 18.4. The average molecular weight is 348 g/mol. The predicted molar refractivity (Wildman–Crippen MR) is 103 cm³/mol. The Labute approximate surface area is 152 Å². The van der Waals surface area contributed by atoms with E-state index in [-0.39, 0.29) is 12.5 Å². The van der Waals surface area contributed by atoms with Crippen molar-refractivity contribution in [3.63, 3.8) is 0 Å². The van der Waals surface area contributed by atoms with Crippen LogP contribution in [0.4, 0.5) is 0 Å². The van der Waals surface area contributed by atoms with Gasteiger partial charge in [0.1, 0.15) is 11.5 Å². The van der Waals surface area contributed by atoms with Crippen molar-refractivity contribution < 1.29 is 14.3 Å². The van der Waals surface area contributed by atoms with E-state index in [2.05, 4.69) is 10.5 Å². The van der Waals surface area contributed by atoms with Gasteiger partial charge in [-0.05, 0) is 36.6 Å². The summed E-state index contributed by atoms with van der Waals surface area (Å²) < 4.78 is 10.8. The van der Waals surface area contributed by atoms with Crippen LogP contribution in [0.2, 0.25) is 0 Å². The SMILES string of the molecule is COc1ccc(C=NNC(=O)COc2ccc(C)cc2)c2ccccc12. The number of hydrazone groups is 1. The summed E-state index contributed by atoms with van der Waals surface area (Å²) in [6.45, 7) is 1.90. The highest BCUT2D eigenvalue weighted by molar-refractivity contribution is 6.02. The number of carbonyl (C=O) groups excluding carboxylic acids is 1. The van der Waals surface area contributed by atoms with Gasteiger partial charge in [-0.15, -0.1) is 0 Å². The number of amides is 1. The van der Waals surface area contributed by atoms with Crippen molar-refractivity contribution in [3.05, 3.63) is 71.8 Å². The van der Waals surface area contributed by atoms with Gasteiger partial charge in [0, 0.05) is 10.9 Å². The van der Waals surface area contributed by atoms with Crippen LogP contribution in [-0.2, 0) is 4.79 Å². The molecule has 0 saturated carbocycles. The summed E-state index contributed by atoms with van der Waals surface area (Å²) in [6, 6.07) is 19.2. The molecule has 0 fully saturated rings. The van der Waals surface area contributed by atoms with E-state index in [1.807, 2.05) is 67.6 Å². The van der Waals surface area contributed by atoms with E-state index in [9.17, 15) is 4.79 Å².